The van der Waals surface area contributed by atoms with Gasteiger partial charge in [0.2, 0.25) is 17.7 Å². The van der Waals surface area contributed by atoms with E-state index in [9.17, 15) is 14.4 Å². The zero-order valence-electron chi connectivity index (χ0n) is 15.7. The highest BCUT2D eigenvalue weighted by molar-refractivity contribution is 6.15. The summed E-state index contributed by atoms with van der Waals surface area (Å²) in [4.78, 5) is 38.7. The number of carbonyl (C=O) groups excluding carboxylic acids is 3. The quantitative estimate of drug-likeness (QED) is 0.695. The molecule has 2 aromatic carbocycles. The normalized spacial score (nSPS) is 30.4. The molecule has 0 bridgehead atoms. The van der Waals surface area contributed by atoms with Crippen LogP contribution < -0.4 is 16.0 Å². The molecule has 0 radical (unpaired) electrons. The Kier molecular flexibility index (Phi) is 3.52. The molecule has 142 valence electrons. The summed E-state index contributed by atoms with van der Waals surface area (Å²) in [7, 11) is 0. The van der Waals surface area contributed by atoms with Crippen molar-refractivity contribution in [3.63, 3.8) is 0 Å². The van der Waals surface area contributed by atoms with Gasteiger partial charge in [0.25, 0.3) is 0 Å². The lowest BCUT2D eigenvalue weighted by Crippen LogP contribution is -2.53. The van der Waals surface area contributed by atoms with Crippen molar-refractivity contribution in [1.82, 2.24) is 10.6 Å². The molecule has 28 heavy (non-hydrogen) atoms. The van der Waals surface area contributed by atoms with E-state index in [4.69, 9.17) is 0 Å². The van der Waals surface area contributed by atoms with Crippen LogP contribution in [0.4, 0.5) is 5.69 Å². The van der Waals surface area contributed by atoms with Crippen molar-refractivity contribution in [2.24, 2.45) is 11.8 Å². The summed E-state index contributed by atoms with van der Waals surface area (Å²) in [6.45, 7) is 3.91. The van der Waals surface area contributed by atoms with Crippen molar-refractivity contribution >= 4 is 23.4 Å². The van der Waals surface area contributed by atoms with Crippen LogP contribution in [-0.2, 0) is 26.3 Å². The number of amides is 3. The van der Waals surface area contributed by atoms with Gasteiger partial charge in [0.05, 0.1) is 11.8 Å². The van der Waals surface area contributed by atoms with E-state index in [1.165, 1.54) is 0 Å². The zero-order chi connectivity index (χ0) is 19.6. The van der Waals surface area contributed by atoms with E-state index in [1.54, 1.807) is 0 Å². The Morgan fingerprint density at radius 2 is 1.71 bits per heavy atom. The first-order chi connectivity index (χ1) is 13.4. The molecule has 2 aromatic rings. The molecule has 0 aromatic heterocycles. The lowest BCUT2D eigenvalue weighted by atomic mass is 9.75. The summed E-state index contributed by atoms with van der Waals surface area (Å²) in [5.41, 5.74) is 3.32. The van der Waals surface area contributed by atoms with E-state index >= 15 is 0 Å². The van der Waals surface area contributed by atoms with Gasteiger partial charge >= 0.3 is 0 Å². The van der Waals surface area contributed by atoms with Crippen LogP contribution in [0.25, 0.3) is 0 Å². The maximum absolute atomic E-state index is 13.2. The van der Waals surface area contributed by atoms with Gasteiger partial charge in [-0.2, -0.15) is 0 Å². The molecule has 6 heteroatoms. The Balaban J connectivity index is 1.66. The molecule has 3 amide bonds. The lowest BCUT2D eigenvalue weighted by Gasteiger charge is -2.28. The number of benzene rings is 2. The minimum Gasteiger partial charge on any atom is -0.324 e. The molecule has 6 nitrogen and oxygen atoms in total. The monoisotopic (exact) mass is 375 g/mol. The van der Waals surface area contributed by atoms with Gasteiger partial charge < -0.3 is 5.32 Å². The number of nitrogens with one attached hydrogen (secondary N) is 3. The molecule has 1 spiro atoms. The minimum atomic E-state index is -1.22. The highest BCUT2D eigenvalue weighted by atomic mass is 16.2. The number of imide groups is 1. The minimum absolute atomic E-state index is 0.258. The van der Waals surface area contributed by atoms with E-state index < -0.39 is 17.4 Å². The van der Waals surface area contributed by atoms with Gasteiger partial charge in [-0.1, -0.05) is 48.0 Å². The summed E-state index contributed by atoms with van der Waals surface area (Å²) in [5.74, 6) is -2.26. The molecule has 4 atom stereocenters. The largest absolute Gasteiger partial charge is 0.324 e. The summed E-state index contributed by atoms with van der Waals surface area (Å²) in [6, 6.07) is 13.5. The maximum Gasteiger partial charge on any atom is 0.250 e. The first kappa shape index (κ1) is 17.1. The van der Waals surface area contributed by atoms with Crippen molar-refractivity contribution in [3.8, 4) is 0 Å². The molecule has 2 fully saturated rings. The third-order valence-electron chi connectivity index (χ3n) is 6.30. The van der Waals surface area contributed by atoms with E-state index in [1.807, 2.05) is 56.3 Å². The Bertz CT molecular complexity index is 1030. The van der Waals surface area contributed by atoms with Crippen molar-refractivity contribution in [3.05, 3.63) is 64.7 Å². The van der Waals surface area contributed by atoms with E-state index in [2.05, 4.69) is 16.0 Å². The number of rotatable bonds is 2. The third kappa shape index (κ3) is 2.15. The Morgan fingerprint density at radius 1 is 0.964 bits per heavy atom. The van der Waals surface area contributed by atoms with Crippen LogP contribution in [0.2, 0.25) is 0 Å². The lowest BCUT2D eigenvalue weighted by molar-refractivity contribution is -0.132. The second-order valence-electron chi connectivity index (χ2n) is 8.06. The topological polar surface area (TPSA) is 87.3 Å². The van der Waals surface area contributed by atoms with Crippen molar-refractivity contribution in [1.29, 1.82) is 0 Å². The fourth-order valence-corrected chi connectivity index (χ4v) is 5.23. The zero-order valence-corrected chi connectivity index (χ0v) is 15.7. The van der Waals surface area contributed by atoms with Gasteiger partial charge in [0.15, 0.2) is 0 Å². The summed E-state index contributed by atoms with van der Waals surface area (Å²) >= 11 is 0. The van der Waals surface area contributed by atoms with E-state index in [0.717, 1.165) is 27.9 Å². The summed E-state index contributed by atoms with van der Waals surface area (Å²) in [6.07, 6.45) is 0.567. The van der Waals surface area contributed by atoms with Gasteiger partial charge in [-0.15, -0.1) is 0 Å². The standard InChI is InChI=1S/C22H21N3O3/c1-11-8-12(2)18-14(9-11)22(21(28)23-18)17-16(19(26)24-20(17)27)15(25-22)10-13-6-4-3-5-7-13/h3-9,15-17,25H,10H2,1-2H3,(H,23,28)(H,24,26,27)/t15-,16-,17+,22+/m1/s1. The molecule has 0 aliphatic carbocycles. The molecule has 3 aliphatic heterocycles. The fraction of sp³-hybridized carbons (Fsp3) is 0.318. The smallest absolute Gasteiger partial charge is 0.250 e. The Labute approximate surface area is 162 Å². The van der Waals surface area contributed by atoms with Crippen LogP contribution >= 0.6 is 0 Å². The average molecular weight is 375 g/mol. The van der Waals surface area contributed by atoms with Gasteiger partial charge in [0, 0.05) is 17.3 Å². The fourth-order valence-electron chi connectivity index (χ4n) is 5.23. The molecule has 0 unspecified atom stereocenters. The number of hydrogen-bond acceptors (Lipinski definition) is 4. The van der Waals surface area contributed by atoms with Gasteiger partial charge in [0.1, 0.15) is 5.54 Å². The first-order valence-corrected chi connectivity index (χ1v) is 9.51. The molecule has 3 aliphatic rings. The molecule has 0 saturated carbocycles. The number of aryl methyl sites for hydroxylation is 2. The van der Waals surface area contributed by atoms with Crippen molar-refractivity contribution < 1.29 is 14.4 Å². The number of carbonyl (C=O) groups is 3. The molecular formula is C22H21N3O3. The number of hydrogen-bond donors (Lipinski definition) is 3. The Morgan fingerprint density at radius 3 is 2.46 bits per heavy atom. The third-order valence-corrected chi connectivity index (χ3v) is 6.30. The van der Waals surface area contributed by atoms with Gasteiger partial charge in [-0.3, -0.25) is 25.0 Å². The molecule has 3 N–H and O–H groups in total. The highest BCUT2D eigenvalue weighted by Gasteiger charge is 2.68. The Hall–Kier alpha value is -2.99. The molecular weight excluding hydrogens is 354 g/mol. The van der Waals surface area contributed by atoms with Crippen molar-refractivity contribution in [2.75, 3.05) is 5.32 Å². The van der Waals surface area contributed by atoms with Crippen LogP contribution in [0, 0.1) is 25.7 Å². The predicted molar refractivity (Wildman–Crippen MR) is 103 cm³/mol. The van der Waals surface area contributed by atoms with E-state index in [-0.39, 0.29) is 23.8 Å². The SMILES string of the molecule is Cc1cc(C)c2c(c1)[C@@]1(N[C@H](Cc3ccccc3)[C@H]3C(=O)NC(=O)[C@H]31)C(=O)N2. The summed E-state index contributed by atoms with van der Waals surface area (Å²) in [5, 5.41) is 8.88. The first-order valence-electron chi connectivity index (χ1n) is 9.51. The molecule has 5 rings (SSSR count). The second kappa shape index (κ2) is 5.75. The number of anilines is 1. The summed E-state index contributed by atoms with van der Waals surface area (Å²) < 4.78 is 0. The van der Waals surface area contributed by atoms with Crippen LogP contribution in [0.1, 0.15) is 22.3 Å². The van der Waals surface area contributed by atoms with Crippen LogP contribution in [0.3, 0.4) is 0 Å². The van der Waals surface area contributed by atoms with Gasteiger partial charge in [-0.25, -0.2) is 0 Å². The molecule has 2 saturated heterocycles. The van der Waals surface area contributed by atoms with Gasteiger partial charge in [-0.05, 0) is 31.4 Å². The van der Waals surface area contributed by atoms with Crippen LogP contribution in [-0.4, -0.2) is 23.8 Å². The predicted octanol–water partition coefficient (Wildman–Crippen LogP) is 1.55. The highest BCUT2D eigenvalue weighted by Crippen LogP contribution is 2.52. The van der Waals surface area contributed by atoms with E-state index in [0.29, 0.717) is 6.42 Å². The second-order valence-corrected chi connectivity index (χ2v) is 8.06. The average Bonchev–Trinajstić information content (AvgIpc) is 3.24. The van der Waals surface area contributed by atoms with Crippen LogP contribution in [0.15, 0.2) is 42.5 Å². The van der Waals surface area contributed by atoms with Crippen molar-refractivity contribution in [2.45, 2.75) is 31.8 Å². The van der Waals surface area contributed by atoms with Crippen LogP contribution in [0.5, 0.6) is 0 Å². The molecule has 3 heterocycles. The maximum atomic E-state index is 13.2. The number of fused-ring (bicyclic) bond motifs is 4.